The van der Waals surface area contributed by atoms with E-state index in [4.69, 9.17) is 0 Å². The molecule has 0 atom stereocenters. The highest BCUT2D eigenvalue weighted by atomic mass is 32.1. The average molecular weight is 139 g/mol. The van der Waals surface area contributed by atoms with Gasteiger partial charge in [-0.05, 0) is 6.08 Å². The Morgan fingerprint density at radius 3 is 3.11 bits per heavy atom. The van der Waals surface area contributed by atoms with Gasteiger partial charge in [0, 0.05) is 6.20 Å². The van der Waals surface area contributed by atoms with Gasteiger partial charge in [-0.2, -0.15) is 0 Å². The second kappa shape index (κ2) is 2.55. The molecule has 0 aliphatic heterocycles. The Morgan fingerprint density at radius 1 is 1.89 bits per heavy atom. The summed E-state index contributed by atoms with van der Waals surface area (Å²) >= 11 is 1.32. The van der Waals surface area contributed by atoms with Gasteiger partial charge in [0.1, 0.15) is 0 Å². The van der Waals surface area contributed by atoms with E-state index in [0.717, 1.165) is 0 Å². The Morgan fingerprint density at radius 2 is 2.67 bits per heavy atom. The van der Waals surface area contributed by atoms with Gasteiger partial charge in [-0.25, -0.2) is 0 Å². The van der Waals surface area contributed by atoms with Crippen LogP contribution in [0, 0.1) is 0 Å². The fraction of sp³-hybridized carbons (Fsp3) is 0. The van der Waals surface area contributed by atoms with Crippen molar-refractivity contribution in [2.45, 2.75) is 0 Å². The van der Waals surface area contributed by atoms with Gasteiger partial charge < -0.3 is 0 Å². The predicted octanol–water partition coefficient (Wildman–Crippen LogP) is 1.51. The number of rotatable bonds is 2. The largest absolute Gasteiger partial charge is 0.288 e. The van der Waals surface area contributed by atoms with Crippen molar-refractivity contribution < 1.29 is 4.79 Å². The van der Waals surface area contributed by atoms with E-state index in [1.165, 1.54) is 23.6 Å². The van der Waals surface area contributed by atoms with Crippen molar-refractivity contribution in [3.63, 3.8) is 0 Å². The third kappa shape index (κ3) is 1.23. The lowest BCUT2D eigenvalue weighted by Gasteiger charge is -1.80. The Hall–Kier alpha value is -0.960. The van der Waals surface area contributed by atoms with Crippen LogP contribution in [0.2, 0.25) is 0 Å². The predicted molar refractivity (Wildman–Crippen MR) is 36.6 cm³/mol. The zero-order valence-corrected chi connectivity index (χ0v) is 5.52. The topological polar surface area (TPSA) is 30.0 Å². The summed E-state index contributed by atoms with van der Waals surface area (Å²) in [5.74, 6) is -0.0579. The van der Waals surface area contributed by atoms with Crippen LogP contribution in [0.3, 0.4) is 0 Å². The molecule has 0 fully saturated rings. The van der Waals surface area contributed by atoms with Crippen molar-refractivity contribution in [2.75, 3.05) is 0 Å². The zero-order chi connectivity index (χ0) is 6.69. The molecule has 3 heteroatoms. The first kappa shape index (κ1) is 6.16. The molecule has 0 aliphatic rings. The molecule has 1 heterocycles. The van der Waals surface area contributed by atoms with Gasteiger partial charge in [0.2, 0.25) is 0 Å². The number of carbonyl (C=O) groups is 1. The van der Waals surface area contributed by atoms with Gasteiger partial charge in [-0.1, -0.05) is 6.58 Å². The summed E-state index contributed by atoms with van der Waals surface area (Å²) in [6.45, 7) is 3.35. The van der Waals surface area contributed by atoms with Gasteiger partial charge in [0.05, 0.1) is 10.4 Å². The molecule has 9 heavy (non-hydrogen) atoms. The minimum atomic E-state index is -0.0579. The molecule has 0 unspecified atom stereocenters. The number of hydrogen-bond donors (Lipinski definition) is 0. The monoisotopic (exact) mass is 139 g/mol. The van der Waals surface area contributed by atoms with E-state index >= 15 is 0 Å². The highest BCUT2D eigenvalue weighted by Gasteiger charge is 1.99. The van der Waals surface area contributed by atoms with E-state index in [2.05, 4.69) is 11.6 Å². The fourth-order valence-electron chi connectivity index (χ4n) is 0.438. The molecule has 0 spiro atoms. The Bertz CT molecular complexity index is 215. The SMILES string of the molecule is C=CC(=O)c1cncs1. The normalized spacial score (nSPS) is 8.89. The first-order chi connectivity index (χ1) is 4.34. The van der Waals surface area contributed by atoms with Gasteiger partial charge in [0.15, 0.2) is 5.78 Å². The summed E-state index contributed by atoms with van der Waals surface area (Å²) < 4.78 is 0. The Kier molecular flexibility index (Phi) is 1.75. The molecule has 0 N–H and O–H groups in total. The van der Waals surface area contributed by atoms with Crippen molar-refractivity contribution in [1.29, 1.82) is 0 Å². The molecule has 1 aromatic heterocycles. The number of thiazole rings is 1. The van der Waals surface area contributed by atoms with Crippen molar-refractivity contribution in [1.82, 2.24) is 4.98 Å². The lowest BCUT2D eigenvalue weighted by atomic mass is 10.3. The van der Waals surface area contributed by atoms with E-state index in [1.54, 1.807) is 5.51 Å². The maximum atomic E-state index is 10.7. The highest BCUT2D eigenvalue weighted by molar-refractivity contribution is 7.11. The molecule has 46 valence electrons. The third-order valence-electron chi connectivity index (χ3n) is 0.861. The van der Waals surface area contributed by atoms with Crippen LogP contribution in [0.5, 0.6) is 0 Å². The molecular formula is C6H5NOS. The third-order valence-corrected chi connectivity index (χ3v) is 1.65. The van der Waals surface area contributed by atoms with Crippen LogP contribution in [0.25, 0.3) is 0 Å². The maximum absolute atomic E-state index is 10.7. The summed E-state index contributed by atoms with van der Waals surface area (Å²) in [6.07, 6.45) is 2.82. The van der Waals surface area contributed by atoms with Crippen molar-refractivity contribution in [3.05, 3.63) is 29.2 Å². The van der Waals surface area contributed by atoms with Gasteiger partial charge in [0.25, 0.3) is 0 Å². The van der Waals surface area contributed by atoms with E-state index < -0.39 is 0 Å². The number of nitrogens with zero attached hydrogens (tertiary/aromatic N) is 1. The molecular weight excluding hydrogens is 134 g/mol. The minimum absolute atomic E-state index is 0.0579. The smallest absolute Gasteiger partial charge is 0.196 e. The minimum Gasteiger partial charge on any atom is -0.288 e. The summed E-state index contributed by atoms with van der Waals surface area (Å²) in [5.41, 5.74) is 1.62. The molecule has 2 nitrogen and oxygen atoms in total. The van der Waals surface area contributed by atoms with Gasteiger partial charge in [-0.15, -0.1) is 11.3 Å². The first-order valence-corrected chi connectivity index (χ1v) is 3.28. The van der Waals surface area contributed by atoms with Gasteiger partial charge in [-0.3, -0.25) is 9.78 Å². The number of carbonyl (C=O) groups excluding carboxylic acids is 1. The summed E-state index contributed by atoms with van der Waals surface area (Å²) in [6, 6.07) is 0. The molecule has 0 saturated carbocycles. The lowest BCUT2D eigenvalue weighted by Crippen LogP contribution is -1.86. The molecule has 0 aromatic carbocycles. The average Bonchev–Trinajstić information content (AvgIpc) is 2.37. The quantitative estimate of drug-likeness (QED) is 0.459. The van der Waals surface area contributed by atoms with Crippen LogP contribution in [0.4, 0.5) is 0 Å². The molecule has 1 rings (SSSR count). The van der Waals surface area contributed by atoms with Crippen LogP contribution in [0.1, 0.15) is 9.67 Å². The molecule has 0 saturated heterocycles. The van der Waals surface area contributed by atoms with E-state index in [-0.39, 0.29) is 5.78 Å². The lowest BCUT2D eigenvalue weighted by molar-refractivity contribution is 0.105. The van der Waals surface area contributed by atoms with Gasteiger partial charge >= 0.3 is 0 Å². The molecule has 1 aromatic rings. The van der Waals surface area contributed by atoms with Crippen molar-refractivity contribution >= 4 is 17.1 Å². The fourth-order valence-corrected chi connectivity index (χ4v) is 0.995. The van der Waals surface area contributed by atoms with E-state index in [0.29, 0.717) is 4.88 Å². The number of ketones is 1. The maximum Gasteiger partial charge on any atom is 0.196 e. The Balaban J connectivity index is 2.89. The van der Waals surface area contributed by atoms with E-state index in [9.17, 15) is 4.79 Å². The van der Waals surface area contributed by atoms with Crippen LogP contribution >= 0.6 is 11.3 Å². The number of hydrogen-bond acceptors (Lipinski definition) is 3. The van der Waals surface area contributed by atoms with Crippen LogP contribution in [0.15, 0.2) is 24.4 Å². The summed E-state index contributed by atoms with van der Waals surface area (Å²) in [5, 5.41) is 0. The van der Waals surface area contributed by atoms with Crippen molar-refractivity contribution in [2.24, 2.45) is 0 Å². The molecule has 0 radical (unpaired) electrons. The Labute approximate surface area is 56.9 Å². The van der Waals surface area contributed by atoms with Crippen LogP contribution < -0.4 is 0 Å². The number of aromatic nitrogens is 1. The molecule has 0 aliphatic carbocycles. The van der Waals surface area contributed by atoms with Crippen LogP contribution in [-0.4, -0.2) is 10.8 Å². The van der Waals surface area contributed by atoms with Crippen molar-refractivity contribution in [3.8, 4) is 0 Å². The first-order valence-electron chi connectivity index (χ1n) is 2.40. The molecule has 0 amide bonds. The van der Waals surface area contributed by atoms with E-state index in [1.807, 2.05) is 0 Å². The molecule has 0 bridgehead atoms. The summed E-state index contributed by atoms with van der Waals surface area (Å²) in [4.78, 5) is 15.1. The second-order valence-corrected chi connectivity index (χ2v) is 2.32. The van der Waals surface area contributed by atoms with Crippen LogP contribution in [-0.2, 0) is 0 Å². The number of allylic oxidation sites excluding steroid dienone is 1. The standard InChI is InChI=1S/C6H5NOS/c1-2-5(8)6-3-7-4-9-6/h2-4H,1H2. The second-order valence-electron chi connectivity index (χ2n) is 1.43. The highest BCUT2D eigenvalue weighted by Crippen LogP contribution is 2.05. The summed E-state index contributed by atoms with van der Waals surface area (Å²) in [7, 11) is 0. The zero-order valence-electron chi connectivity index (χ0n) is 4.70.